The van der Waals surface area contributed by atoms with Gasteiger partial charge in [0.2, 0.25) is 0 Å². The van der Waals surface area contributed by atoms with Crippen molar-refractivity contribution in [1.82, 2.24) is 0 Å². The highest BCUT2D eigenvalue weighted by atomic mass is 19.2. The van der Waals surface area contributed by atoms with Crippen LogP contribution in [0.15, 0.2) is 30.3 Å². The molecule has 0 amide bonds. The van der Waals surface area contributed by atoms with Crippen molar-refractivity contribution in [2.45, 2.75) is 6.54 Å². The lowest BCUT2D eigenvalue weighted by molar-refractivity contribution is 0.496. The molecule has 0 aromatic heterocycles. The second kappa shape index (κ2) is 4.78. The summed E-state index contributed by atoms with van der Waals surface area (Å²) in [6.07, 6.45) is 0. The van der Waals surface area contributed by atoms with Crippen LogP contribution >= 0.6 is 0 Å². The van der Waals surface area contributed by atoms with E-state index in [0.29, 0.717) is 12.1 Å². The minimum absolute atomic E-state index is 0.00632. The van der Waals surface area contributed by atoms with Gasteiger partial charge in [-0.3, -0.25) is 0 Å². The van der Waals surface area contributed by atoms with Crippen LogP contribution in [0.2, 0.25) is 0 Å². The van der Waals surface area contributed by atoms with E-state index >= 15 is 0 Å². The van der Waals surface area contributed by atoms with Gasteiger partial charge in [0, 0.05) is 23.7 Å². The zero-order valence-corrected chi connectivity index (χ0v) is 9.18. The standard InChI is InChI=1S/C13H9F4N/c14-10-3-7(1-2-8(10)6-18)9-4-12(16)13(17)5-11(9)15/h1-5H,6,18H2. The van der Waals surface area contributed by atoms with E-state index in [9.17, 15) is 17.6 Å². The Bertz CT molecular complexity index is 596. The fourth-order valence-corrected chi connectivity index (χ4v) is 1.62. The van der Waals surface area contributed by atoms with Crippen LogP contribution < -0.4 is 5.73 Å². The number of hydrogen-bond donors (Lipinski definition) is 1. The van der Waals surface area contributed by atoms with E-state index in [0.717, 1.165) is 6.07 Å². The molecule has 0 unspecified atom stereocenters. The Hall–Kier alpha value is -1.88. The zero-order chi connectivity index (χ0) is 13.3. The van der Waals surface area contributed by atoms with Crippen molar-refractivity contribution in [3.63, 3.8) is 0 Å². The molecule has 0 atom stereocenters. The molecule has 0 heterocycles. The van der Waals surface area contributed by atoms with Crippen LogP contribution in [0, 0.1) is 23.3 Å². The van der Waals surface area contributed by atoms with Crippen molar-refractivity contribution < 1.29 is 17.6 Å². The van der Waals surface area contributed by atoms with Crippen molar-refractivity contribution in [2.24, 2.45) is 5.73 Å². The predicted molar refractivity (Wildman–Crippen MR) is 59.6 cm³/mol. The molecule has 18 heavy (non-hydrogen) atoms. The third-order valence-electron chi connectivity index (χ3n) is 2.59. The molecule has 5 heteroatoms. The maximum Gasteiger partial charge on any atom is 0.161 e. The van der Waals surface area contributed by atoms with E-state index in [-0.39, 0.29) is 23.2 Å². The molecule has 2 rings (SSSR count). The van der Waals surface area contributed by atoms with Crippen LogP contribution in [0.5, 0.6) is 0 Å². The SMILES string of the molecule is NCc1ccc(-c2cc(F)c(F)cc2F)cc1F. The Kier molecular flexibility index (Phi) is 3.34. The fraction of sp³-hybridized carbons (Fsp3) is 0.0769. The Balaban J connectivity index is 2.55. The molecule has 0 spiro atoms. The average Bonchev–Trinajstić information content (AvgIpc) is 2.33. The Labute approximate surface area is 101 Å². The van der Waals surface area contributed by atoms with Crippen molar-refractivity contribution in [2.75, 3.05) is 0 Å². The first-order chi connectivity index (χ1) is 8.52. The first kappa shape index (κ1) is 12.6. The van der Waals surface area contributed by atoms with Gasteiger partial charge in [-0.25, -0.2) is 17.6 Å². The molecular weight excluding hydrogens is 246 g/mol. The van der Waals surface area contributed by atoms with Crippen molar-refractivity contribution in [1.29, 1.82) is 0 Å². The summed E-state index contributed by atoms with van der Waals surface area (Å²) in [6, 6.07) is 4.95. The van der Waals surface area contributed by atoms with Gasteiger partial charge in [0.1, 0.15) is 11.6 Å². The van der Waals surface area contributed by atoms with Gasteiger partial charge in [0.05, 0.1) is 0 Å². The smallest absolute Gasteiger partial charge is 0.161 e. The van der Waals surface area contributed by atoms with Gasteiger partial charge in [0.15, 0.2) is 11.6 Å². The molecule has 2 aromatic rings. The largest absolute Gasteiger partial charge is 0.326 e. The van der Waals surface area contributed by atoms with Crippen molar-refractivity contribution >= 4 is 0 Å². The highest BCUT2D eigenvalue weighted by Crippen LogP contribution is 2.26. The number of benzene rings is 2. The summed E-state index contributed by atoms with van der Waals surface area (Å²) in [5, 5.41) is 0. The molecule has 0 radical (unpaired) electrons. The van der Waals surface area contributed by atoms with E-state index in [1.165, 1.54) is 12.1 Å². The summed E-state index contributed by atoms with van der Waals surface area (Å²) in [4.78, 5) is 0. The van der Waals surface area contributed by atoms with Crippen LogP contribution in [0.25, 0.3) is 11.1 Å². The van der Waals surface area contributed by atoms with Crippen LogP contribution in [-0.2, 0) is 6.54 Å². The van der Waals surface area contributed by atoms with Gasteiger partial charge >= 0.3 is 0 Å². The zero-order valence-electron chi connectivity index (χ0n) is 9.18. The summed E-state index contributed by atoms with van der Waals surface area (Å²) in [7, 11) is 0. The lowest BCUT2D eigenvalue weighted by Gasteiger charge is -2.07. The summed E-state index contributed by atoms with van der Waals surface area (Å²) >= 11 is 0. The molecule has 2 N–H and O–H groups in total. The maximum absolute atomic E-state index is 13.5. The van der Waals surface area contributed by atoms with E-state index in [1.807, 2.05) is 0 Å². The van der Waals surface area contributed by atoms with Crippen molar-refractivity contribution in [3.8, 4) is 11.1 Å². The second-order valence-corrected chi connectivity index (χ2v) is 3.76. The average molecular weight is 255 g/mol. The number of rotatable bonds is 2. The molecule has 0 saturated heterocycles. The van der Waals surface area contributed by atoms with Gasteiger partial charge in [-0.15, -0.1) is 0 Å². The van der Waals surface area contributed by atoms with E-state index in [4.69, 9.17) is 5.73 Å². The highest BCUT2D eigenvalue weighted by molar-refractivity contribution is 5.64. The number of hydrogen-bond acceptors (Lipinski definition) is 1. The second-order valence-electron chi connectivity index (χ2n) is 3.76. The highest BCUT2D eigenvalue weighted by Gasteiger charge is 2.12. The normalized spacial score (nSPS) is 10.7. The van der Waals surface area contributed by atoms with Gasteiger partial charge in [-0.05, 0) is 17.7 Å². The Morgan fingerprint density at radius 3 is 2.06 bits per heavy atom. The van der Waals surface area contributed by atoms with Crippen LogP contribution in [0.3, 0.4) is 0 Å². The summed E-state index contributed by atoms with van der Waals surface area (Å²) in [5.74, 6) is -4.03. The topological polar surface area (TPSA) is 26.0 Å². The third-order valence-corrected chi connectivity index (χ3v) is 2.59. The minimum atomic E-state index is -1.28. The number of halogens is 4. The molecular formula is C13H9F4N. The first-order valence-corrected chi connectivity index (χ1v) is 5.16. The van der Waals surface area contributed by atoms with E-state index < -0.39 is 23.3 Å². The van der Waals surface area contributed by atoms with Gasteiger partial charge in [-0.1, -0.05) is 12.1 Å². The maximum atomic E-state index is 13.5. The van der Waals surface area contributed by atoms with Crippen LogP contribution in [0.1, 0.15) is 5.56 Å². The Morgan fingerprint density at radius 1 is 0.778 bits per heavy atom. The molecule has 0 bridgehead atoms. The lowest BCUT2D eigenvalue weighted by Crippen LogP contribution is -2.00. The van der Waals surface area contributed by atoms with Crippen molar-refractivity contribution in [3.05, 3.63) is 59.2 Å². The monoisotopic (exact) mass is 255 g/mol. The molecule has 0 fully saturated rings. The number of nitrogens with two attached hydrogens (primary N) is 1. The van der Waals surface area contributed by atoms with Gasteiger partial charge < -0.3 is 5.73 Å². The lowest BCUT2D eigenvalue weighted by atomic mass is 10.0. The van der Waals surface area contributed by atoms with Gasteiger partial charge in [-0.2, -0.15) is 0 Å². The minimum Gasteiger partial charge on any atom is -0.326 e. The molecule has 0 saturated carbocycles. The van der Waals surface area contributed by atoms with Gasteiger partial charge in [0.25, 0.3) is 0 Å². The molecule has 0 aliphatic carbocycles. The predicted octanol–water partition coefficient (Wildman–Crippen LogP) is 3.37. The summed E-state index contributed by atoms with van der Waals surface area (Å²) < 4.78 is 52.8. The quantitative estimate of drug-likeness (QED) is 0.646. The fourth-order valence-electron chi connectivity index (χ4n) is 1.62. The first-order valence-electron chi connectivity index (χ1n) is 5.16. The van der Waals surface area contributed by atoms with Crippen LogP contribution in [-0.4, -0.2) is 0 Å². The molecule has 0 aliphatic rings. The summed E-state index contributed by atoms with van der Waals surface area (Å²) in [6.45, 7) is 0.00632. The Morgan fingerprint density at radius 2 is 1.44 bits per heavy atom. The molecule has 1 nitrogen and oxygen atoms in total. The van der Waals surface area contributed by atoms with E-state index in [2.05, 4.69) is 0 Å². The summed E-state index contributed by atoms with van der Waals surface area (Å²) in [5.41, 5.74) is 5.48. The van der Waals surface area contributed by atoms with Crippen LogP contribution in [0.4, 0.5) is 17.6 Å². The molecule has 94 valence electrons. The third kappa shape index (κ3) is 2.22. The van der Waals surface area contributed by atoms with E-state index in [1.54, 1.807) is 0 Å². The molecule has 0 aliphatic heterocycles. The molecule has 2 aromatic carbocycles.